The second-order valence-corrected chi connectivity index (χ2v) is 6.09. The van der Waals surface area contributed by atoms with E-state index in [1.807, 2.05) is 6.92 Å². The summed E-state index contributed by atoms with van der Waals surface area (Å²) in [6.45, 7) is 1.97. The minimum absolute atomic E-state index is 0.0711. The first-order valence-corrected chi connectivity index (χ1v) is 8.20. The van der Waals surface area contributed by atoms with Crippen molar-refractivity contribution < 1.29 is 14.7 Å². The van der Waals surface area contributed by atoms with Gasteiger partial charge in [0.05, 0.1) is 21.7 Å². The average molecular weight is 370 g/mol. The van der Waals surface area contributed by atoms with Gasteiger partial charge in [-0.25, -0.2) is 4.68 Å². The Bertz CT molecular complexity index is 746. The third-order valence-corrected chi connectivity index (χ3v) is 4.22. The summed E-state index contributed by atoms with van der Waals surface area (Å²) in [5, 5.41) is 16.7. The van der Waals surface area contributed by atoms with Gasteiger partial charge in [-0.3, -0.25) is 9.59 Å². The highest BCUT2D eigenvalue weighted by molar-refractivity contribution is 6.42. The van der Waals surface area contributed by atoms with Crippen molar-refractivity contribution in [1.82, 2.24) is 15.1 Å². The number of nitrogens with one attached hydrogen (secondary N) is 1. The maximum atomic E-state index is 12.1. The Labute approximate surface area is 149 Å². The van der Waals surface area contributed by atoms with Crippen LogP contribution in [-0.2, 0) is 4.79 Å². The van der Waals surface area contributed by atoms with Crippen molar-refractivity contribution in [2.45, 2.75) is 19.8 Å². The molecule has 0 saturated carbocycles. The predicted octanol–water partition coefficient (Wildman–Crippen LogP) is 3.41. The molecule has 0 aliphatic heterocycles. The van der Waals surface area contributed by atoms with E-state index in [0.29, 0.717) is 22.2 Å². The highest BCUT2D eigenvalue weighted by atomic mass is 35.5. The molecule has 0 saturated heterocycles. The van der Waals surface area contributed by atoms with Crippen LogP contribution in [0.3, 0.4) is 0 Å². The fourth-order valence-corrected chi connectivity index (χ4v) is 2.48. The Kier molecular flexibility index (Phi) is 6.23. The third kappa shape index (κ3) is 4.49. The molecule has 2 aromatic rings. The number of rotatable bonds is 7. The Hall–Kier alpha value is -2.05. The van der Waals surface area contributed by atoms with Crippen LogP contribution in [0, 0.1) is 5.92 Å². The number of hydrogen-bond acceptors (Lipinski definition) is 3. The largest absolute Gasteiger partial charge is 0.481 e. The van der Waals surface area contributed by atoms with Gasteiger partial charge in [0.2, 0.25) is 0 Å². The van der Waals surface area contributed by atoms with Crippen molar-refractivity contribution in [1.29, 1.82) is 0 Å². The van der Waals surface area contributed by atoms with Crippen molar-refractivity contribution in [3.8, 4) is 5.69 Å². The predicted molar refractivity (Wildman–Crippen MR) is 92.0 cm³/mol. The molecule has 1 unspecified atom stereocenters. The van der Waals surface area contributed by atoms with Crippen LogP contribution >= 0.6 is 23.2 Å². The minimum atomic E-state index is -0.918. The molecule has 0 spiro atoms. The Morgan fingerprint density at radius 2 is 2.04 bits per heavy atom. The maximum Gasteiger partial charge on any atom is 0.308 e. The summed E-state index contributed by atoms with van der Waals surface area (Å²) in [6.07, 6.45) is 2.86. The zero-order valence-electron chi connectivity index (χ0n) is 13.0. The van der Waals surface area contributed by atoms with Gasteiger partial charge in [0.1, 0.15) is 0 Å². The first-order valence-electron chi connectivity index (χ1n) is 7.44. The van der Waals surface area contributed by atoms with Crippen molar-refractivity contribution in [3.05, 3.63) is 46.2 Å². The molecule has 6 nitrogen and oxygen atoms in total. The van der Waals surface area contributed by atoms with Gasteiger partial charge in [-0.05, 0) is 30.7 Å². The molecule has 1 amide bonds. The number of amides is 1. The topological polar surface area (TPSA) is 84.2 Å². The second kappa shape index (κ2) is 8.17. The molecule has 1 heterocycles. The van der Waals surface area contributed by atoms with Gasteiger partial charge in [0.15, 0.2) is 5.69 Å². The molecule has 24 heavy (non-hydrogen) atoms. The normalized spacial score (nSPS) is 12.0. The quantitative estimate of drug-likeness (QED) is 0.782. The first-order chi connectivity index (χ1) is 11.4. The van der Waals surface area contributed by atoms with E-state index in [1.54, 1.807) is 30.5 Å². The smallest absolute Gasteiger partial charge is 0.308 e. The Balaban J connectivity index is 2.05. The van der Waals surface area contributed by atoms with E-state index in [2.05, 4.69) is 10.4 Å². The van der Waals surface area contributed by atoms with Gasteiger partial charge >= 0.3 is 5.97 Å². The highest BCUT2D eigenvalue weighted by Crippen LogP contribution is 2.24. The molecule has 1 aromatic heterocycles. The first kappa shape index (κ1) is 18.3. The number of carboxylic acids is 1. The number of aliphatic carboxylic acids is 1. The maximum absolute atomic E-state index is 12.1. The van der Waals surface area contributed by atoms with Crippen LogP contribution in [0.1, 0.15) is 30.3 Å². The van der Waals surface area contributed by atoms with Crippen molar-refractivity contribution >= 4 is 35.1 Å². The standard InChI is InChI=1S/C16H17Cl2N3O3/c1-2-3-10(16(23)24)9-19-15(22)14-6-7-21(20-14)11-4-5-12(17)13(18)8-11/h4-8,10H,2-3,9H2,1H3,(H,19,22)(H,23,24). The Morgan fingerprint density at radius 3 is 2.67 bits per heavy atom. The molecular weight excluding hydrogens is 353 g/mol. The molecular formula is C16H17Cl2N3O3. The lowest BCUT2D eigenvalue weighted by Gasteiger charge is -2.11. The van der Waals surface area contributed by atoms with Crippen molar-refractivity contribution in [2.24, 2.45) is 5.92 Å². The van der Waals surface area contributed by atoms with Gasteiger partial charge in [0.25, 0.3) is 5.91 Å². The summed E-state index contributed by atoms with van der Waals surface area (Å²) in [4.78, 5) is 23.2. The molecule has 0 radical (unpaired) electrons. The molecule has 0 fully saturated rings. The molecule has 0 aliphatic carbocycles. The van der Waals surface area contributed by atoms with E-state index in [4.69, 9.17) is 28.3 Å². The fraction of sp³-hybridized carbons (Fsp3) is 0.312. The number of hydrogen-bond donors (Lipinski definition) is 2. The molecule has 1 atom stereocenters. The summed E-state index contributed by atoms with van der Waals surface area (Å²) in [5.74, 6) is -1.94. The van der Waals surface area contributed by atoms with Crippen LogP contribution in [0.15, 0.2) is 30.5 Å². The fourth-order valence-electron chi connectivity index (χ4n) is 2.18. The highest BCUT2D eigenvalue weighted by Gasteiger charge is 2.18. The van der Waals surface area contributed by atoms with Crippen LogP contribution in [0.2, 0.25) is 10.0 Å². The van der Waals surface area contributed by atoms with Crippen molar-refractivity contribution in [2.75, 3.05) is 6.54 Å². The molecule has 128 valence electrons. The number of carbonyl (C=O) groups excluding carboxylic acids is 1. The van der Waals surface area contributed by atoms with E-state index >= 15 is 0 Å². The number of nitrogens with zero attached hydrogens (tertiary/aromatic N) is 2. The molecule has 1 aromatic carbocycles. The number of halogens is 2. The van der Waals surface area contributed by atoms with Crippen LogP contribution < -0.4 is 5.32 Å². The second-order valence-electron chi connectivity index (χ2n) is 5.28. The SMILES string of the molecule is CCCC(CNC(=O)c1ccn(-c2ccc(Cl)c(Cl)c2)n1)C(=O)O. The average Bonchev–Trinajstić information content (AvgIpc) is 3.03. The summed E-state index contributed by atoms with van der Waals surface area (Å²) < 4.78 is 1.50. The summed E-state index contributed by atoms with van der Waals surface area (Å²) in [7, 11) is 0. The lowest BCUT2D eigenvalue weighted by atomic mass is 10.0. The van der Waals surface area contributed by atoms with Gasteiger partial charge in [-0.2, -0.15) is 5.10 Å². The van der Waals surface area contributed by atoms with Crippen LogP contribution in [0.5, 0.6) is 0 Å². The van der Waals surface area contributed by atoms with E-state index in [9.17, 15) is 9.59 Å². The van der Waals surface area contributed by atoms with Crippen LogP contribution in [0.4, 0.5) is 0 Å². The third-order valence-electron chi connectivity index (χ3n) is 3.48. The number of carbonyl (C=O) groups is 2. The summed E-state index contributed by atoms with van der Waals surface area (Å²) in [6, 6.07) is 6.56. The van der Waals surface area contributed by atoms with Gasteiger partial charge in [-0.1, -0.05) is 36.5 Å². The molecule has 0 aliphatic rings. The number of carboxylic acid groups (broad SMARTS) is 1. The summed E-state index contributed by atoms with van der Waals surface area (Å²) >= 11 is 11.8. The van der Waals surface area contributed by atoms with E-state index in [0.717, 1.165) is 6.42 Å². The molecule has 2 N–H and O–H groups in total. The van der Waals surface area contributed by atoms with E-state index < -0.39 is 17.8 Å². The van der Waals surface area contributed by atoms with Crippen LogP contribution in [-0.4, -0.2) is 33.3 Å². The molecule has 0 bridgehead atoms. The number of aromatic nitrogens is 2. The monoisotopic (exact) mass is 369 g/mol. The zero-order chi connectivity index (χ0) is 17.7. The zero-order valence-corrected chi connectivity index (χ0v) is 14.5. The number of benzene rings is 1. The Morgan fingerprint density at radius 1 is 1.29 bits per heavy atom. The minimum Gasteiger partial charge on any atom is -0.481 e. The van der Waals surface area contributed by atoms with E-state index in [1.165, 1.54) is 4.68 Å². The summed E-state index contributed by atoms with van der Waals surface area (Å²) in [5.41, 5.74) is 0.861. The van der Waals surface area contributed by atoms with Crippen LogP contribution in [0.25, 0.3) is 5.69 Å². The van der Waals surface area contributed by atoms with Gasteiger partial charge < -0.3 is 10.4 Å². The van der Waals surface area contributed by atoms with Gasteiger partial charge in [-0.15, -0.1) is 0 Å². The molecule has 2 rings (SSSR count). The lowest BCUT2D eigenvalue weighted by Crippen LogP contribution is -2.33. The lowest BCUT2D eigenvalue weighted by molar-refractivity contribution is -0.141. The van der Waals surface area contributed by atoms with E-state index in [-0.39, 0.29) is 12.2 Å². The molecule has 8 heteroatoms. The van der Waals surface area contributed by atoms with Gasteiger partial charge in [0, 0.05) is 12.7 Å². The van der Waals surface area contributed by atoms with Crippen molar-refractivity contribution in [3.63, 3.8) is 0 Å².